The summed E-state index contributed by atoms with van der Waals surface area (Å²) in [5.74, 6) is 0.831. The molecule has 1 aromatic rings. The first kappa shape index (κ1) is 12.9. The van der Waals surface area contributed by atoms with Gasteiger partial charge in [0.25, 0.3) is 0 Å². The second-order valence-electron chi connectivity index (χ2n) is 5.06. The van der Waals surface area contributed by atoms with E-state index in [0.29, 0.717) is 6.54 Å². The summed E-state index contributed by atoms with van der Waals surface area (Å²) in [5, 5.41) is 9.29. The SMILES string of the molecule is CCCN(CC1CC1)c1ccc(CN)cc1C#N. The zero-order valence-electron chi connectivity index (χ0n) is 11.0. The zero-order valence-corrected chi connectivity index (χ0v) is 11.0. The number of rotatable bonds is 6. The van der Waals surface area contributed by atoms with Gasteiger partial charge in [-0.05, 0) is 42.9 Å². The Bertz CT molecular complexity index is 444. The molecule has 0 aliphatic heterocycles. The lowest BCUT2D eigenvalue weighted by atomic mass is 10.1. The van der Waals surface area contributed by atoms with E-state index in [9.17, 15) is 5.26 Å². The molecule has 3 nitrogen and oxygen atoms in total. The number of hydrogen-bond acceptors (Lipinski definition) is 3. The highest BCUT2D eigenvalue weighted by molar-refractivity contribution is 5.60. The average Bonchev–Trinajstić information content (AvgIpc) is 3.21. The minimum atomic E-state index is 0.491. The molecular weight excluding hydrogens is 222 g/mol. The quantitative estimate of drug-likeness (QED) is 0.835. The van der Waals surface area contributed by atoms with Gasteiger partial charge in [0.15, 0.2) is 0 Å². The molecule has 0 radical (unpaired) electrons. The summed E-state index contributed by atoms with van der Waals surface area (Å²) in [4.78, 5) is 2.36. The van der Waals surface area contributed by atoms with Crippen LogP contribution in [0.1, 0.15) is 37.3 Å². The van der Waals surface area contributed by atoms with Crippen LogP contribution >= 0.6 is 0 Å². The van der Waals surface area contributed by atoms with Crippen molar-refractivity contribution in [2.45, 2.75) is 32.7 Å². The van der Waals surface area contributed by atoms with E-state index in [4.69, 9.17) is 5.73 Å². The van der Waals surface area contributed by atoms with Crippen molar-refractivity contribution >= 4 is 5.69 Å². The smallest absolute Gasteiger partial charge is 0.101 e. The Morgan fingerprint density at radius 3 is 2.78 bits per heavy atom. The van der Waals surface area contributed by atoms with Crippen LogP contribution in [0.5, 0.6) is 0 Å². The molecular formula is C15H21N3. The first-order valence-corrected chi connectivity index (χ1v) is 6.76. The van der Waals surface area contributed by atoms with E-state index >= 15 is 0 Å². The lowest BCUT2D eigenvalue weighted by molar-refractivity contribution is 0.707. The lowest BCUT2D eigenvalue weighted by Gasteiger charge is -2.25. The summed E-state index contributed by atoms with van der Waals surface area (Å²) in [6.07, 6.45) is 3.78. The van der Waals surface area contributed by atoms with Crippen molar-refractivity contribution in [3.05, 3.63) is 29.3 Å². The predicted molar refractivity (Wildman–Crippen MR) is 74.3 cm³/mol. The van der Waals surface area contributed by atoms with Gasteiger partial charge in [0.05, 0.1) is 11.3 Å². The van der Waals surface area contributed by atoms with Gasteiger partial charge >= 0.3 is 0 Å². The maximum atomic E-state index is 9.29. The fourth-order valence-corrected chi connectivity index (χ4v) is 2.27. The van der Waals surface area contributed by atoms with Gasteiger partial charge in [0.2, 0.25) is 0 Å². The Morgan fingerprint density at radius 1 is 1.44 bits per heavy atom. The van der Waals surface area contributed by atoms with Gasteiger partial charge in [-0.15, -0.1) is 0 Å². The van der Waals surface area contributed by atoms with Crippen LogP contribution in [0, 0.1) is 17.2 Å². The van der Waals surface area contributed by atoms with Crippen molar-refractivity contribution in [2.75, 3.05) is 18.0 Å². The van der Waals surface area contributed by atoms with E-state index in [1.807, 2.05) is 12.1 Å². The number of benzene rings is 1. The molecule has 0 bridgehead atoms. The Labute approximate surface area is 109 Å². The van der Waals surface area contributed by atoms with Gasteiger partial charge in [0.1, 0.15) is 6.07 Å². The monoisotopic (exact) mass is 243 g/mol. The second kappa shape index (κ2) is 5.88. The van der Waals surface area contributed by atoms with Crippen LogP contribution in [0.15, 0.2) is 18.2 Å². The fourth-order valence-electron chi connectivity index (χ4n) is 2.27. The van der Waals surface area contributed by atoms with Crippen molar-refractivity contribution in [1.29, 1.82) is 5.26 Å². The van der Waals surface area contributed by atoms with Crippen molar-refractivity contribution < 1.29 is 0 Å². The third-order valence-corrected chi connectivity index (χ3v) is 3.43. The number of anilines is 1. The summed E-state index contributed by atoms with van der Waals surface area (Å²) in [6, 6.07) is 8.31. The first-order valence-electron chi connectivity index (χ1n) is 6.76. The van der Waals surface area contributed by atoms with Crippen molar-refractivity contribution in [2.24, 2.45) is 11.7 Å². The minimum Gasteiger partial charge on any atom is -0.370 e. The Kier molecular flexibility index (Phi) is 4.22. The molecule has 1 fully saturated rings. The normalized spacial score (nSPS) is 14.3. The number of nitrogens with two attached hydrogens (primary N) is 1. The Balaban J connectivity index is 2.24. The van der Waals surface area contributed by atoms with E-state index in [1.54, 1.807) is 0 Å². The highest BCUT2D eigenvalue weighted by Crippen LogP contribution is 2.32. The van der Waals surface area contributed by atoms with Crippen molar-refractivity contribution in [3.8, 4) is 6.07 Å². The minimum absolute atomic E-state index is 0.491. The highest BCUT2D eigenvalue weighted by atomic mass is 15.1. The largest absolute Gasteiger partial charge is 0.370 e. The highest BCUT2D eigenvalue weighted by Gasteiger charge is 2.25. The molecule has 3 heteroatoms. The van der Waals surface area contributed by atoms with E-state index in [1.165, 1.54) is 12.8 Å². The maximum absolute atomic E-state index is 9.29. The van der Waals surface area contributed by atoms with Crippen molar-refractivity contribution in [1.82, 2.24) is 0 Å². The molecule has 0 amide bonds. The third-order valence-electron chi connectivity index (χ3n) is 3.43. The molecule has 0 atom stereocenters. The molecule has 0 saturated heterocycles. The molecule has 2 rings (SSSR count). The molecule has 1 aromatic carbocycles. The molecule has 0 spiro atoms. The van der Waals surface area contributed by atoms with E-state index in [2.05, 4.69) is 24.0 Å². The predicted octanol–water partition coefficient (Wildman–Crippen LogP) is 2.64. The van der Waals surface area contributed by atoms with Gasteiger partial charge in [-0.1, -0.05) is 13.0 Å². The summed E-state index contributed by atoms with van der Waals surface area (Å²) < 4.78 is 0. The molecule has 0 heterocycles. The standard InChI is InChI=1S/C15H21N3/c1-2-7-18(11-12-3-4-12)15-6-5-13(9-16)8-14(15)10-17/h5-6,8,12H,2-4,7,9,11,16H2,1H3. The second-order valence-corrected chi connectivity index (χ2v) is 5.06. The zero-order chi connectivity index (χ0) is 13.0. The van der Waals surface area contributed by atoms with Crippen LogP contribution in [-0.4, -0.2) is 13.1 Å². The lowest BCUT2D eigenvalue weighted by Crippen LogP contribution is -2.27. The van der Waals surface area contributed by atoms with Crippen LogP contribution in [-0.2, 0) is 6.54 Å². The number of nitrogens with zero attached hydrogens (tertiary/aromatic N) is 2. The molecule has 1 aliphatic rings. The molecule has 0 unspecified atom stereocenters. The van der Waals surface area contributed by atoms with Gasteiger partial charge in [-0.3, -0.25) is 0 Å². The number of hydrogen-bond donors (Lipinski definition) is 1. The van der Waals surface area contributed by atoms with Gasteiger partial charge in [-0.2, -0.15) is 5.26 Å². The maximum Gasteiger partial charge on any atom is 0.101 e. The molecule has 0 aromatic heterocycles. The summed E-state index contributed by atoms with van der Waals surface area (Å²) in [6.45, 7) is 4.78. The van der Waals surface area contributed by atoms with E-state index in [0.717, 1.165) is 42.2 Å². The summed E-state index contributed by atoms with van der Waals surface area (Å²) >= 11 is 0. The first-order chi connectivity index (χ1) is 8.78. The molecule has 2 N–H and O–H groups in total. The summed E-state index contributed by atoms with van der Waals surface area (Å²) in [7, 11) is 0. The Morgan fingerprint density at radius 2 is 2.22 bits per heavy atom. The van der Waals surface area contributed by atoms with Crippen LogP contribution in [0.4, 0.5) is 5.69 Å². The van der Waals surface area contributed by atoms with Gasteiger partial charge in [0, 0.05) is 19.6 Å². The van der Waals surface area contributed by atoms with Crippen molar-refractivity contribution in [3.63, 3.8) is 0 Å². The third kappa shape index (κ3) is 3.02. The Hall–Kier alpha value is -1.53. The van der Waals surface area contributed by atoms with Crippen LogP contribution in [0.2, 0.25) is 0 Å². The number of nitriles is 1. The topological polar surface area (TPSA) is 53.0 Å². The average molecular weight is 243 g/mol. The molecule has 1 saturated carbocycles. The molecule has 96 valence electrons. The fraction of sp³-hybridized carbons (Fsp3) is 0.533. The molecule has 18 heavy (non-hydrogen) atoms. The van der Waals surface area contributed by atoms with E-state index < -0.39 is 0 Å². The van der Waals surface area contributed by atoms with E-state index in [-0.39, 0.29) is 0 Å². The molecule has 1 aliphatic carbocycles. The van der Waals surface area contributed by atoms with Crippen LogP contribution in [0.3, 0.4) is 0 Å². The summed E-state index contributed by atoms with van der Waals surface area (Å²) in [5.41, 5.74) is 8.48. The van der Waals surface area contributed by atoms with Gasteiger partial charge in [-0.25, -0.2) is 0 Å². The van der Waals surface area contributed by atoms with Crippen LogP contribution < -0.4 is 10.6 Å². The van der Waals surface area contributed by atoms with Gasteiger partial charge < -0.3 is 10.6 Å². The van der Waals surface area contributed by atoms with Crippen LogP contribution in [0.25, 0.3) is 0 Å².